The van der Waals surface area contributed by atoms with Crippen molar-refractivity contribution in [2.75, 3.05) is 26.5 Å². The summed E-state index contributed by atoms with van der Waals surface area (Å²) in [7, 11) is 0. The monoisotopic (exact) mass is 305 g/mol. The number of benzene rings is 1. The summed E-state index contributed by atoms with van der Waals surface area (Å²) in [5.41, 5.74) is -2.15. The van der Waals surface area contributed by atoms with Crippen molar-refractivity contribution in [2.24, 2.45) is 5.41 Å². The van der Waals surface area contributed by atoms with Crippen LogP contribution >= 0.6 is 0 Å². The van der Waals surface area contributed by atoms with E-state index in [1.807, 2.05) is 0 Å². The Kier molecular flexibility index (Phi) is 1.72. The average Bonchev–Trinajstić information content (AvgIpc) is 2.63. The van der Waals surface area contributed by atoms with Gasteiger partial charge in [-0.25, -0.2) is 0 Å². The van der Waals surface area contributed by atoms with Gasteiger partial charge in [-0.15, -0.1) is 0 Å². The van der Waals surface area contributed by atoms with Gasteiger partial charge in [-0.05, 0) is 64.0 Å². The standard InChI is InChI=1S/C18H27NO2/c1-4-21-17(20)14-18(8-10-19(3)11-9-18)13-16-7-5-6-15(2)12-16/h5-7,12H,4,8-11,13-14H2,1-3H3/i1D3,3D3,4D2,5D,6D,7D,10D2,11D2,12D. The Labute approximate surface area is 150 Å². The number of carbonyl (C=O) groups is 1. The number of ether oxygens (including phenoxy) is 1. The second-order valence-corrected chi connectivity index (χ2v) is 5.04. The number of rotatable bonds is 5. The first-order chi connectivity index (χ1) is 16.3. The Morgan fingerprint density at radius 3 is 3.10 bits per heavy atom. The Bertz CT molecular complexity index is 1010. The lowest BCUT2D eigenvalue weighted by Crippen LogP contribution is -2.40. The summed E-state index contributed by atoms with van der Waals surface area (Å²) in [6.45, 7) is -14.6. The number of carbonyl (C=O) groups excluding carboxylic acids is 1. The molecule has 0 bridgehead atoms. The van der Waals surface area contributed by atoms with Crippen molar-refractivity contribution in [3.8, 4) is 0 Å². The minimum Gasteiger partial charge on any atom is -0.466 e. The number of esters is 1. The summed E-state index contributed by atoms with van der Waals surface area (Å²) >= 11 is 0. The highest BCUT2D eigenvalue weighted by Crippen LogP contribution is 2.38. The van der Waals surface area contributed by atoms with Crippen LogP contribution in [0.5, 0.6) is 0 Å². The largest absolute Gasteiger partial charge is 0.466 e. The molecule has 2 rings (SSSR count). The molecule has 1 aromatic carbocycles. The normalized spacial score (nSPS) is 36.2. The highest BCUT2D eigenvalue weighted by Gasteiger charge is 2.36. The molecule has 0 saturated carbocycles. The van der Waals surface area contributed by atoms with Gasteiger partial charge in [0.05, 0.1) is 21.2 Å². The molecular formula is C18H27NO2. The molecule has 21 heavy (non-hydrogen) atoms. The molecule has 1 aliphatic heterocycles. The lowest BCUT2D eigenvalue weighted by atomic mass is 9.71. The zero-order chi connectivity index (χ0) is 29.2. The van der Waals surface area contributed by atoms with Crippen LogP contribution in [-0.4, -0.2) is 37.4 Å². The van der Waals surface area contributed by atoms with E-state index in [1.54, 1.807) is 0 Å². The number of nitrogens with zero attached hydrogens (tertiary/aromatic N) is 1. The van der Waals surface area contributed by atoms with Crippen molar-refractivity contribution in [3.63, 3.8) is 0 Å². The minimum absolute atomic E-state index is 0.00147. The van der Waals surface area contributed by atoms with E-state index in [0.717, 1.165) is 0 Å². The average molecular weight is 306 g/mol. The van der Waals surface area contributed by atoms with Gasteiger partial charge in [0.1, 0.15) is 0 Å². The van der Waals surface area contributed by atoms with E-state index in [2.05, 4.69) is 4.74 Å². The van der Waals surface area contributed by atoms with E-state index in [0.29, 0.717) is 0 Å². The van der Waals surface area contributed by atoms with Crippen molar-refractivity contribution in [1.82, 2.24) is 4.90 Å². The van der Waals surface area contributed by atoms with Crippen LogP contribution in [0.25, 0.3) is 0 Å². The molecule has 0 aromatic heterocycles. The first kappa shape index (κ1) is 5.09. The van der Waals surface area contributed by atoms with E-state index in [4.69, 9.17) is 21.9 Å². The van der Waals surface area contributed by atoms with Gasteiger partial charge in [0.2, 0.25) is 0 Å². The van der Waals surface area contributed by atoms with Gasteiger partial charge in [-0.1, -0.05) is 29.7 Å². The third-order valence-corrected chi connectivity index (χ3v) is 3.26. The second kappa shape index (κ2) is 7.08. The number of hydrogen-bond donors (Lipinski definition) is 0. The molecule has 0 spiro atoms. The molecule has 116 valence electrons. The van der Waals surface area contributed by atoms with E-state index < -0.39 is 88.6 Å². The zero-order valence-corrected chi connectivity index (χ0v) is 11.6. The van der Waals surface area contributed by atoms with Crippen LogP contribution in [0, 0.1) is 12.3 Å². The molecule has 0 radical (unpaired) electrons. The Morgan fingerprint density at radius 1 is 1.57 bits per heavy atom. The molecule has 0 amide bonds. The molecule has 0 atom stereocenters. The summed E-state index contributed by atoms with van der Waals surface area (Å²) in [6.07, 6.45) is -3.28. The highest BCUT2D eigenvalue weighted by atomic mass is 16.5. The molecule has 3 nitrogen and oxygen atoms in total. The molecule has 1 aliphatic rings. The smallest absolute Gasteiger partial charge is 0.306 e. The molecule has 1 heterocycles. The first-order valence-corrected chi connectivity index (χ1v) is 6.36. The molecule has 0 unspecified atom stereocenters. The second-order valence-electron chi connectivity index (χ2n) is 5.04. The number of piperidine rings is 1. The Hall–Kier alpha value is -1.35. The van der Waals surface area contributed by atoms with E-state index in [9.17, 15) is 4.79 Å². The molecular weight excluding hydrogens is 262 g/mol. The van der Waals surface area contributed by atoms with Gasteiger partial charge in [0, 0.05) is 13.7 Å². The van der Waals surface area contributed by atoms with E-state index in [-0.39, 0.29) is 22.1 Å². The Balaban J connectivity index is 2.68. The van der Waals surface area contributed by atoms with Gasteiger partial charge in [-0.3, -0.25) is 4.79 Å². The van der Waals surface area contributed by atoms with E-state index >= 15 is 0 Å². The van der Waals surface area contributed by atoms with E-state index in [1.165, 1.54) is 6.92 Å². The minimum atomic E-state index is -3.44. The van der Waals surface area contributed by atoms with Crippen LogP contribution in [0.3, 0.4) is 0 Å². The number of hydrogen-bond acceptors (Lipinski definition) is 3. The molecule has 1 saturated heterocycles. The van der Waals surface area contributed by atoms with Gasteiger partial charge in [0.15, 0.2) is 0 Å². The van der Waals surface area contributed by atoms with Gasteiger partial charge in [0.25, 0.3) is 0 Å². The van der Waals surface area contributed by atoms with Crippen molar-refractivity contribution < 1.29 is 31.5 Å². The number of likely N-dealkylation sites (tertiary alicyclic amines) is 1. The maximum atomic E-state index is 12.8. The highest BCUT2D eigenvalue weighted by molar-refractivity contribution is 5.70. The fourth-order valence-corrected chi connectivity index (χ4v) is 2.28. The van der Waals surface area contributed by atoms with Crippen molar-refractivity contribution in [2.45, 2.75) is 39.5 Å². The lowest BCUT2D eigenvalue weighted by molar-refractivity contribution is -0.146. The summed E-state index contributed by atoms with van der Waals surface area (Å²) in [5.74, 6) is -1.48. The molecule has 0 aliphatic carbocycles. The van der Waals surface area contributed by atoms with Gasteiger partial charge in [-0.2, -0.15) is 0 Å². The molecule has 1 aromatic rings. The lowest BCUT2D eigenvalue weighted by Gasteiger charge is -2.40. The van der Waals surface area contributed by atoms with Crippen molar-refractivity contribution in [1.29, 1.82) is 0 Å². The SMILES string of the molecule is [2H]c1c([2H])c(C)c([2H])c(CC2(CC(=O)OC([2H])([2H])C([2H])([2H])[2H])CC([2H])([2H])N(C([2H])([2H])[2H])C([2H])([2H])C2)c1[2H]. The van der Waals surface area contributed by atoms with Gasteiger partial charge >= 0.3 is 5.97 Å². The summed E-state index contributed by atoms with van der Waals surface area (Å²) in [4.78, 5) is 12.8. The predicted octanol–water partition coefficient (Wildman–Crippen LogP) is 3.20. The predicted molar refractivity (Wildman–Crippen MR) is 85.3 cm³/mol. The maximum absolute atomic E-state index is 12.8. The van der Waals surface area contributed by atoms with Crippen LogP contribution < -0.4 is 0 Å². The van der Waals surface area contributed by atoms with Crippen LogP contribution in [-0.2, 0) is 16.0 Å². The fraction of sp³-hybridized carbons (Fsp3) is 0.611. The topological polar surface area (TPSA) is 29.5 Å². The molecule has 3 heteroatoms. The third kappa shape index (κ3) is 4.57. The van der Waals surface area contributed by atoms with Crippen molar-refractivity contribution in [3.05, 3.63) is 35.3 Å². The maximum Gasteiger partial charge on any atom is 0.306 e. The molecule has 0 N–H and O–H groups in total. The molecule has 1 fully saturated rings. The van der Waals surface area contributed by atoms with Crippen LogP contribution in [0.4, 0.5) is 0 Å². The summed E-state index contributed by atoms with van der Waals surface area (Å²) < 4.78 is 130. The zero-order valence-electron chi connectivity index (χ0n) is 27.6. The third-order valence-electron chi connectivity index (χ3n) is 3.26. The van der Waals surface area contributed by atoms with Crippen LogP contribution in [0.2, 0.25) is 0 Å². The fourth-order valence-electron chi connectivity index (χ4n) is 2.28. The quantitative estimate of drug-likeness (QED) is 0.782. The van der Waals surface area contributed by atoms with Crippen LogP contribution in [0.15, 0.2) is 24.2 Å². The van der Waals surface area contributed by atoms with Crippen LogP contribution in [0.1, 0.15) is 59.2 Å². The summed E-state index contributed by atoms with van der Waals surface area (Å²) in [6, 6.07) is -1.94. The Morgan fingerprint density at radius 2 is 2.38 bits per heavy atom. The van der Waals surface area contributed by atoms with Crippen molar-refractivity contribution >= 4 is 5.97 Å². The first-order valence-electron chi connectivity index (χ1n) is 14.4. The van der Waals surface area contributed by atoms with Gasteiger partial charge < -0.3 is 9.64 Å². The summed E-state index contributed by atoms with van der Waals surface area (Å²) in [5, 5.41) is 0.